The van der Waals surface area contributed by atoms with Gasteiger partial charge < -0.3 is 9.47 Å². The van der Waals surface area contributed by atoms with E-state index in [0.29, 0.717) is 4.31 Å². The van der Waals surface area contributed by atoms with Crippen LogP contribution in [0.2, 0.25) is 10.0 Å². The van der Waals surface area contributed by atoms with Gasteiger partial charge in [-0.25, -0.2) is 26.8 Å². The smallest absolute Gasteiger partial charge is 0.278 e. The van der Waals surface area contributed by atoms with Crippen molar-refractivity contribution in [1.29, 1.82) is 0 Å². The number of carbonyl (C=O) groups excluding carboxylic acids is 1. The minimum atomic E-state index is -4.14. The van der Waals surface area contributed by atoms with E-state index in [1.54, 1.807) is 4.72 Å². The second-order valence-electron chi connectivity index (χ2n) is 5.70. The van der Waals surface area contributed by atoms with Crippen LogP contribution in [0.15, 0.2) is 6.07 Å². The number of methoxy groups -OCH3 is 2. The van der Waals surface area contributed by atoms with Gasteiger partial charge in [0.05, 0.1) is 42.3 Å². The lowest BCUT2D eigenvalue weighted by Crippen LogP contribution is -2.42. The van der Waals surface area contributed by atoms with E-state index in [1.165, 1.54) is 20.3 Å². The molecular weight excluding hydrogens is 471 g/mol. The predicted octanol–water partition coefficient (Wildman–Crippen LogP) is 0.796. The Morgan fingerprint density at radius 3 is 2.14 bits per heavy atom. The van der Waals surface area contributed by atoms with Crippen molar-refractivity contribution < 1.29 is 31.1 Å². The molecule has 1 aromatic heterocycles. The Bertz CT molecular complexity index is 1190. The highest BCUT2D eigenvalue weighted by atomic mass is 35.5. The maximum absolute atomic E-state index is 12.4. The lowest BCUT2D eigenvalue weighted by atomic mass is 10.2. The summed E-state index contributed by atoms with van der Waals surface area (Å²) in [6.45, 7) is -0.906. The van der Waals surface area contributed by atoms with E-state index in [2.05, 4.69) is 9.97 Å². The fourth-order valence-electron chi connectivity index (χ4n) is 2.32. The van der Waals surface area contributed by atoms with Crippen LogP contribution in [0.4, 0.5) is 5.69 Å². The topological polar surface area (TPSA) is 145 Å². The van der Waals surface area contributed by atoms with E-state index < -0.39 is 32.5 Å². The second-order valence-corrected chi connectivity index (χ2v) is 10.1. The van der Waals surface area contributed by atoms with Crippen molar-refractivity contribution >= 4 is 65.9 Å². The van der Waals surface area contributed by atoms with Crippen LogP contribution in [-0.2, 0) is 24.8 Å². The number of nitrogens with zero attached hydrogens (tertiary/aromatic N) is 3. The predicted molar refractivity (Wildman–Crippen MR) is 108 cm³/mol. The number of hydrogen-bond acceptors (Lipinski definition) is 9. The van der Waals surface area contributed by atoms with Gasteiger partial charge in [0.2, 0.25) is 20.0 Å². The van der Waals surface area contributed by atoms with Gasteiger partial charge in [-0.05, 0) is 6.07 Å². The van der Waals surface area contributed by atoms with Gasteiger partial charge in [0, 0.05) is 0 Å². The fraction of sp³-hybridized carbons (Fsp3) is 0.357. The number of ether oxygens (including phenoxy) is 2. The molecule has 2 rings (SSSR count). The van der Waals surface area contributed by atoms with Crippen LogP contribution in [0.3, 0.4) is 0 Å². The lowest BCUT2D eigenvalue weighted by molar-refractivity contribution is -0.117. The van der Waals surface area contributed by atoms with Gasteiger partial charge >= 0.3 is 0 Å². The number of benzene rings is 1. The molecule has 29 heavy (non-hydrogen) atoms. The lowest BCUT2D eigenvalue weighted by Gasteiger charge is -2.24. The summed E-state index contributed by atoms with van der Waals surface area (Å²) < 4.78 is 59.8. The Morgan fingerprint density at radius 1 is 1.10 bits per heavy atom. The van der Waals surface area contributed by atoms with Gasteiger partial charge in [-0.2, -0.15) is 0 Å². The number of rotatable bonds is 7. The van der Waals surface area contributed by atoms with Crippen LogP contribution in [0.5, 0.6) is 11.8 Å². The van der Waals surface area contributed by atoms with Gasteiger partial charge in [0.1, 0.15) is 17.7 Å². The van der Waals surface area contributed by atoms with Gasteiger partial charge in [-0.15, -0.1) is 0 Å². The molecule has 1 aromatic carbocycles. The first-order valence-corrected chi connectivity index (χ1v) is 12.0. The molecule has 1 N–H and O–H groups in total. The Kier molecular flexibility index (Phi) is 6.67. The average molecular weight is 487 g/mol. The van der Waals surface area contributed by atoms with Crippen molar-refractivity contribution in [3.8, 4) is 11.8 Å². The van der Waals surface area contributed by atoms with Crippen molar-refractivity contribution in [2.75, 3.05) is 37.6 Å². The molecule has 0 aliphatic rings. The number of hydrogen-bond donors (Lipinski definition) is 1. The Morgan fingerprint density at radius 2 is 1.66 bits per heavy atom. The van der Waals surface area contributed by atoms with E-state index in [9.17, 15) is 21.6 Å². The summed E-state index contributed by atoms with van der Waals surface area (Å²) in [6, 6.07) is 1.33. The molecule has 1 heterocycles. The molecule has 0 atom stereocenters. The third-order valence-electron chi connectivity index (χ3n) is 3.39. The van der Waals surface area contributed by atoms with Gasteiger partial charge in [0.25, 0.3) is 17.7 Å². The molecule has 0 fully saturated rings. The zero-order valence-corrected chi connectivity index (χ0v) is 18.7. The van der Waals surface area contributed by atoms with Crippen LogP contribution in [-0.4, -0.2) is 66.0 Å². The molecule has 0 aliphatic heterocycles. The average Bonchev–Trinajstić information content (AvgIpc) is 2.58. The van der Waals surface area contributed by atoms with E-state index in [0.717, 1.165) is 12.5 Å². The van der Waals surface area contributed by atoms with Crippen LogP contribution < -0.4 is 18.5 Å². The molecule has 15 heteroatoms. The summed E-state index contributed by atoms with van der Waals surface area (Å²) in [6.07, 6.45) is 1.55. The molecule has 0 bridgehead atoms. The number of carbonyl (C=O) groups is 1. The second kappa shape index (κ2) is 8.34. The van der Waals surface area contributed by atoms with E-state index >= 15 is 0 Å². The standard InChI is InChI=1S/C14H16Cl2N4O7S2/c1-26-13-14(27-2)18-11-8(17-13)5-7(15)10(16)12(11)20(29(4,24)25)6-9(21)19-28(3,22)23/h5H,6H2,1-4H3,(H,19,21). The molecule has 0 unspecified atom stereocenters. The molecule has 11 nitrogen and oxygen atoms in total. The minimum Gasteiger partial charge on any atom is -0.477 e. The monoisotopic (exact) mass is 486 g/mol. The molecule has 160 valence electrons. The Labute approximate surface area is 177 Å². The van der Waals surface area contributed by atoms with Crippen LogP contribution in [0.1, 0.15) is 0 Å². The first kappa shape index (κ1) is 23.2. The zero-order chi connectivity index (χ0) is 22.1. The summed E-state index contributed by atoms with van der Waals surface area (Å²) >= 11 is 12.3. The maximum Gasteiger partial charge on any atom is 0.278 e. The molecular formula is C14H16Cl2N4O7S2. The molecule has 0 saturated carbocycles. The van der Waals surface area contributed by atoms with E-state index in [1.807, 2.05) is 0 Å². The van der Waals surface area contributed by atoms with Crippen molar-refractivity contribution in [2.24, 2.45) is 0 Å². The molecule has 0 spiro atoms. The van der Waals surface area contributed by atoms with E-state index in [4.69, 9.17) is 32.7 Å². The van der Waals surface area contributed by atoms with Crippen LogP contribution in [0.25, 0.3) is 11.0 Å². The van der Waals surface area contributed by atoms with E-state index in [-0.39, 0.29) is 38.5 Å². The molecule has 2 aromatic rings. The number of fused-ring (bicyclic) bond motifs is 1. The minimum absolute atomic E-state index is 0.00469. The van der Waals surface area contributed by atoms with Crippen molar-refractivity contribution in [1.82, 2.24) is 14.7 Å². The van der Waals surface area contributed by atoms with Crippen LogP contribution >= 0.6 is 23.2 Å². The number of amides is 1. The van der Waals surface area contributed by atoms with Gasteiger partial charge in [-0.3, -0.25) is 13.8 Å². The normalized spacial score (nSPS) is 11.9. The first-order valence-electron chi connectivity index (χ1n) is 7.54. The third kappa shape index (κ3) is 5.29. The largest absolute Gasteiger partial charge is 0.477 e. The summed E-state index contributed by atoms with van der Waals surface area (Å²) in [5, 5.41) is -0.314. The maximum atomic E-state index is 12.4. The first-order chi connectivity index (χ1) is 13.3. The number of nitrogens with one attached hydrogen (secondary N) is 1. The SMILES string of the molecule is COc1nc2cc(Cl)c(Cl)c(N(CC(=O)NS(C)(=O)=O)S(C)(=O)=O)c2nc1OC. The zero-order valence-electron chi connectivity index (χ0n) is 15.6. The van der Waals surface area contributed by atoms with Gasteiger partial charge in [0.15, 0.2) is 0 Å². The number of aromatic nitrogens is 2. The Balaban J connectivity index is 2.80. The highest BCUT2D eigenvalue weighted by Gasteiger charge is 2.29. The number of sulfonamides is 2. The number of halogens is 2. The van der Waals surface area contributed by atoms with Crippen molar-refractivity contribution in [3.05, 3.63) is 16.1 Å². The van der Waals surface area contributed by atoms with Crippen molar-refractivity contribution in [2.45, 2.75) is 0 Å². The summed E-state index contributed by atoms with van der Waals surface area (Å²) in [5.74, 6) is -1.19. The quantitative estimate of drug-likeness (QED) is 0.599. The molecule has 0 aliphatic carbocycles. The summed E-state index contributed by atoms with van der Waals surface area (Å²) in [7, 11) is -5.44. The molecule has 0 saturated heterocycles. The highest BCUT2D eigenvalue weighted by molar-refractivity contribution is 7.92. The van der Waals surface area contributed by atoms with Crippen LogP contribution in [0, 0.1) is 0 Å². The number of anilines is 1. The van der Waals surface area contributed by atoms with Crippen molar-refractivity contribution in [3.63, 3.8) is 0 Å². The fourth-order valence-corrected chi connectivity index (χ4v) is 4.15. The summed E-state index contributed by atoms with van der Waals surface area (Å²) in [5.41, 5.74) is -0.229. The van der Waals surface area contributed by atoms with Gasteiger partial charge in [-0.1, -0.05) is 23.2 Å². The summed E-state index contributed by atoms with van der Waals surface area (Å²) in [4.78, 5) is 20.4. The Hall–Kier alpha value is -2.09. The highest BCUT2D eigenvalue weighted by Crippen LogP contribution is 2.41. The molecule has 1 amide bonds. The molecule has 0 radical (unpaired) electrons. The third-order valence-corrected chi connectivity index (χ3v) is 5.88.